The van der Waals surface area contributed by atoms with Crippen molar-refractivity contribution in [2.24, 2.45) is 0 Å². The van der Waals surface area contributed by atoms with Gasteiger partial charge in [0.05, 0.1) is 6.10 Å². The quantitative estimate of drug-likeness (QED) is 0.292. The maximum absolute atomic E-state index is 9.06. The van der Waals surface area contributed by atoms with Crippen molar-refractivity contribution in [2.75, 3.05) is 0 Å². The molecule has 0 aliphatic heterocycles. The van der Waals surface area contributed by atoms with Crippen molar-refractivity contribution in [3.05, 3.63) is 6.92 Å². The zero-order valence-electron chi connectivity index (χ0n) is 14.8. The van der Waals surface area contributed by atoms with Crippen molar-refractivity contribution in [1.29, 1.82) is 0 Å². The average Bonchev–Trinajstić information content (AvgIpc) is 2.46. The summed E-state index contributed by atoms with van der Waals surface area (Å²) in [6, 6.07) is 0. The van der Waals surface area contributed by atoms with Crippen LogP contribution in [0.4, 0.5) is 0 Å². The largest absolute Gasteiger partial charge is 0.393 e. The fourth-order valence-electron chi connectivity index (χ4n) is 2.93. The lowest BCUT2D eigenvalue weighted by atomic mass is 10.0. The fraction of sp³-hybridized carbons (Fsp3) is 0.950. The Kier molecular flexibility index (Phi) is 18.0. The van der Waals surface area contributed by atoms with Gasteiger partial charge in [0.15, 0.2) is 0 Å². The van der Waals surface area contributed by atoms with Gasteiger partial charge >= 0.3 is 0 Å². The van der Waals surface area contributed by atoms with Crippen LogP contribution in [0.1, 0.15) is 116 Å². The summed E-state index contributed by atoms with van der Waals surface area (Å²) in [6.07, 6.45) is 22.9. The summed E-state index contributed by atoms with van der Waals surface area (Å²) in [7, 11) is 0. The van der Waals surface area contributed by atoms with Gasteiger partial charge in [0.1, 0.15) is 0 Å². The van der Waals surface area contributed by atoms with E-state index in [0.717, 1.165) is 12.8 Å². The van der Waals surface area contributed by atoms with Gasteiger partial charge in [-0.05, 0) is 13.3 Å². The Morgan fingerprint density at radius 2 is 0.857 bits per heavy atom. The van der Waals surface area contributed by atoms with Crippen molar-refractivity contribution in [1.82, 2.24) is 0 Å². The first-order valence-electron chi connectivity index (χ1n) is 9.78. The first-order valence-corrected chi connectivity index (χ1v) is 9.78. The highest BCUT2D eigenvalue weighted by molar-refractivity contribution is 4.56. The van der Waals surface area contributed by atoms with Gasteiger partial charge < -0.3 is 5.11 Å². The topological polar surface area (TPSA) is 20.2 Å². The van der Waals surface area contributed by atoms with Gasteiger partial charge in [0.25, 0.3) is 0 Å². The van der Waals surface area contributed by atoms with Crippen LogP contribution >= 0.6 is 0 Å². The van der Waals surface area contributed by atoms with Crippen molar-refractivity contribution in [2.45, 2.75) is 122 Å². The molecule has 0 saturated heterocycles. The van der Waals surface area contributed by atoms with Crippen LogP contribution in [0, 0.1) is 6.92 Å². The van der Waals surface area contributed by atoms with Crippen LogP contribution in [0.2, 0.25) is 0 Å². The molecule has 1 radical (unpaired) electrons. The average molecular weight is 298 g/mol. The molecule has 0 spiro atoms. The van der Waals surface area contributed by atoms with Gasteiger partial charge in [0, 0.05) is 0 Å². The zero-order valence-corrected chi connectivity index (χ0v) is 14.8. The molecule has 1 N–H and O–H groups in total. The van der Waals surface area contributed by atoms with Crippen molar-refractivity contribution >= 4 is 0 Å². The summed E-state index contributed by atoms with van der Waals surface area (Å²) in [6.45, 7) is 5.89. The predicted octanol–water partition coefficient (Wildman–Crippen LogP) is 6.83. The van der Waals surface area contributed by atoms with Crippen LogP contribution in [-0.2, 0) is 0 Å². The van der Waals surface area contributed by atoms with E-state index in [0.29, 0.717) is 0 Å². The molecule has 0 rings (SSSR count). The fourth-order valence-corrected chi connectivity index (χ4v) is 2.93. The molecular formula is C20H41O. The molecule has 0 heterocycles. The first-order chi connectivity index (χ1) is 10.3. The Labute approximate surface area is 134 Å². The lowest BCUT2D eigenvalue weighted by Crippen LogP contribution is -1.98. The molecule has 0 saturated carbocycles. The zero-order chi connectivity index (χ0) is 15.6. The van der Waals surface area contributed by atoms with Crippen LogP contribution in [0.3, 0.4) is 0 Å². The Hall–Kier alpha value is -0.0400. The van der Waals surface area contributed by atoms with E-state index in [1.54, 1.807) is 0 Å². The number of hydrogen-bond acceptors (Lipinski definition) is 1. The van der Waals surface area contributed by atoms with E-state index in [1.807, 2.05) is 0 Å². The standard InChI is InChI=1S/C20H41O/c1-3-4-5-6-7-8-9-10-11-12-13-14-15-16-17-18-19-20(2)21/h20-21H,2-19H2,1H3. The van der Waals surface area contributed by atoms with E-state index >= 15 is 0 Å². The van der Waals surface area contributed by atoms with E-state index in [-0.39, 0.29) is 6.10 Å². The Morgan fingerprint density at radius 3 is 1.14 bits per heavy atom. The van der Waals surface area contributed by atoms with Crippen molar-refractivity contribution in [3.63, 3.8) is 0 Å². The smallest absolute Gasteiger partial charge is 0.0541 e. The minimum Gasteiger partial charge on any atom is -0.393 e. The molecule has 127 valence electrons. The monoisotopic (exact) mass is 297 g/mol. The molecule has 0 aromatic carbocycles. The summed E-state index contributed by atoms with van der Waals surface area (Å²) >= 11 is 0. The van der Waals surface area contributed by atoms with Gasteiger partial charge in [0.2, 0.25) is 0 Å². The number of aliphatic hydroxyl groups is 1. The minimum absolute atomic E-state index is 0.350. The molecule has 21 heavy (non-hydrogen) atoms. The normalized spacial score (nSPS) is 12.7. The van der Waals surface area contributed by atoms with Gasteiger partial charge in [-0.3, -0.25) is 0 Å². The SMILES string of the molecule is [CH2]C(O)CCCCCCCCCCCCCCCCCC. The molecule has 0 aromatic rings. The maximum Gasteiger partial charge on any atom is 0.0541 e. The number of unbranched alkanes of at least 4 members (excludes halogenated alkanes) is 15. The summed E-state index contributed by atoms with van der Waals surface area (Å²) in [5.41, 5.74) is 0. The van der Waals surface area contributed by atoms with Gasteiger partial charge in [-0.15, -0.1) is 0 Å². The number of hydrogen-bond donors (Lipinski definition) is 1. The highest BCUT2D eigenvalue weighted by atomic mass is 16.3. The van der Waals surface area contributed by atoms with Gasteiger partial charge in [-0.1, -0.05) is 110 Å². The molecule has 0 fully saturated rings. The molecule has 0 aliphatic carbocycles. The molecule has 0 bridgehead atoms. The lowest BCUT2D eigenvalue weighted by molar-refractivity contribution is 0.205. The van der Waals surface area contributed by atoms with Gasteiger partial charge in [-0.25, -0.2) is 0 Å². The third-order valence-corrected chi connectivity index (χ3v) is 4.39. The van der Waals surface area contributed by atoms with Crippen LogP contribution in [0.15, 0.2) is 0 Å². The summed E-state index contributed by atoms with van der Waals surface area (Å²) in [5, 5.41) is 9.06. The van der Waals surface area contributed by atoms with E-state index in [1.165, 1.54) is 96.3 Å². The maximum atomic E-state index is 9.06. The minimum atomic E-state index is -0.350. The van der Waals surface area contributed by atoms with Crippen LogP contribution in [0.25, 0.3) is 0 Å². The summed E-state index contributed by atoms with van der Waals surface area (Å²) < 4.78 is 0. The van der Waals surface area contributed by atoms with E-state index in [4.69, 9.17) is 5.11 Å². The second kappa shape index (κ2) is 18.0. The Balaban J connectivity index is 2.93. The Morgan fingerprint density at radius 1 is 0.571 bits per heavy atom. The van der Waals surface area contributed by atoms with Gasteiger partial charge in [-0.2, -0.15) is 0 Å². The second-order valence-corrected chi connectivity index (χ2v) is 6.75. The summed E-state index contributed by atoms with van der Waals surface area (Å²) in [4.78, 5) is 0. The Bertz CT molecular complexity index is 177. The number of aliphatic hydroxyl groups excluding tert-OH is 1. The molecular weight excluding hydrogens is 256 g/mol. The highest BCUT2D eigenvalue weighted by Crippen LogP contribution is 2.14. The van der Waals surface area contributed by atoms with E-state index < -0.39 is 0 Å². The third kappa shape index (κ3) is 20.0. The van der Waals surface area contributed by atoms with Crippen LogP contribution in [-0.4, -0.2) is 11.2 Å². The molecule has 0 aliphatic rings. The van der Waals surface area contributed by atoms with Crippen molar-refractivity contribution < 1.29 is 5.11 Å². The first kappa shape index (κ1) is 21.0. The lowest BCUT2D eigenvalue weighted by Gasteiger charge is -2.04. The number of rotatable bonds is 17. The van der Waals surface area contributed by atoms with E-state index in [2.05, 4.69) is 13.8 Å². The molecule has 0 aromatic heterocycles. The third-order valence-electron chi connectivity index (χ3n) is 4.39. The van der Waals surface area contributed by atoms with Crippen molar-refractivity contribution in [3.8, 4) is 0 Å². The van der Waals surface area contributed by atoms with Crippen LogP contribution in [0.5, 0.6) is 0 Å². The molecule has 1 nitrogen and oxygen atoms in total. The molecule has 0 amide bonds. The van der Waals surface area contributed by atoms with Crippen LogP contribution < -0.4 is 0 Å². The van der Waals surface area contributed by atoms with E-state index in [9.17, 15) is 0 Å². The predicted molar refractivity (Wildman–Crippen MR) is 95.5 cm³/mol. The highest BCUT2D eigenvalue weighted by Gasteiger charge is 1.96. The second-order valence-electron chi connectivity index (χ2n) is 6.75. The molecule has 1 heteroatoms. The summed E-state index contributed by atoms with van der Waals surface area (Å²) in [5.74, 6) is 0. The molecule has 1 atom stereocenters. The molecule has 1 unspecified atom stereocenters.